The van der Waals surface area contributed by atoms with Crippen LogP contribution < -0.4 is 5.32 Å². The van der Waals surface area contributed by atoms with E-state index in [1.54, 1.807) is 0 Å². The van der Waals surface area contributed by atoms with Gasteiger partial charge in [-0.3, -0.25) is 9.59 Å². The highest BCUT2D eigenvalue weighted by atomic mass is 16.8. The van der Waals surface area contributed by atoms with Crippen molar-refractivity contribution in [3.05, 3.63) is 179 Å². The van der Waals surface area contributed by atoms with Crippen LogP contribution >= 0.6 is 0 Å². The van der Waals surface area contributed by atoms with E-state index < -0.39 is 79.2 Å². The van der Waals surface area contributed by atoms with Crippen molar-refractivity contribution < 1.29 is 61.8 Å². The van der Waals surface area contributed by atoms with Crippen LogP contribution in [0, 0.1) is 6.92 Å². The Kier molecular flexibility index (Phi) is 18.2. The molecule has 354 valence electrons. The normalized spacial score (nSPS) is 24.9. The van der Waals surface area contributed by atoms with Gasteiger partial charge in [0.2, 0.25) is 5.91 Å². The zero-order valence-electron chi connectivity index (χ0n) is 38.2. The lowest BCUT2D eigenvalue weighted by Crippen LogP contribution is -2.69. The molecule has 0 radical (unpaired) electrons. The molecule has 14 heteroatoms. The lowest BCUT2D eigenvalue weighted by atomic mass is 9.94. The van der Waals surface area contributed by atoms with Crippen molar-refractivity contribution in [2.75, 3.05) is 13.7 Å². The number of hydrogen-bond donors (Lipinski definition) is 1. The summed E-state index contributed by atoms with van der Waals surface area (Å²) >= 11 is 0. The molecule has 5 aromatic rings. The van der Waals surface area contributed by atoms with Crippen molar-refractivity contribution in [2.24, 2.45) is 0 Å². The van der Waals surface area contributed by atoms with Crippen LogP contribution in [-0.2, 0) is 94.8 Å². The molecule has 1 amide bonds. The SMILES string of the molecule is COC(=O)[C@H]1O[C@@H](O[C@@H]2[C@@H](NC(C)=O)[C@H](OCc3ccccc3)O[C@H](COCc3ccc(C)cc3)[C@H]2OCc2ccccc2)[C@H](OC(C)=O)[C@@H](OCc2ccccc2)[C@@H]1OCc1ccccc1. The van der Waals surface area contributed by atoms with Crippen LogP contribution in [-0.4, -0.2) is 92.9 Å². The molecule has 67 heavy (non-hydrogen) atoms. The number of methoxy groups -OCH3 is 1. The summed E-state index contributed by atoms with van der Waals surface area (Å²) in [6.45, 7) is 5.21. The maximum atomic E-state index is 13.9. The van der Waals surface area contributed by atoms with E-state index in [4.69, 9.17) is 47.4 Å². The molecule has 1 N–H and O–H groups in total. The highest BCUT2D eigenvalue weighted by Crippen LogP contribution is 2.36. The minimum atomic E-state index is -1.54. The molecule has 5 aromatic carbocycles. The van der Waals surface area contributed by atoms with Crippen molar-refractivity contribution in [1.82, 2.24) is 5.32 Å². The van der Waals surface area contributed by atoms with Gasteiger partial charge in [0.05, 0.1) is 46.8 Å². The van der Waals surface area contributed by atoms with E-state index in [1.165, 1.54) is 21.0 Å². The molecular weight excluding hydrogens is 859 g/mol. The molecule has 2 aliphatic rings. The molecule has 2 aliphatic heterocycles. The maximum absolute atomic E-state index is 13.9. The van der Waals surface area contributed by atoms with Gasteiger partial charge < -0.3 is 52.7 Å². The molecule has 2 heterocycles. The summed E-state index contributed by atoms with van der Waals surface area (Å²) in [7, 11) is 1.24. The molecule has 10 atom stereocenters. The Morgan fingerprint density at radius 2 is 1.00 bits per heavy atom. The predicted molar refractivity (Wildman–Crippen MR) is 244 cm³/mol. The van der Waals surface area contributed by atoms with E-state index in [2.05, 4.69) is 5.32 Å². The summed E-state index contributed by atoms with van der Waals surface area (Å²) < 4.78 is 64.6. The standard InChI is InChI=1S/C53H59NO13/c1-35-25-27-42(28-26-35)29-59-34-43-45(60-30-38-17-9-5-10-18-38)46(44(54-36(2)55)52(65-43)63-33-41-23-15-8-16-24-41)66-53-50(64-37(3)56)48(62-32-40-21-13-7-14-22-40)47(49(67-53)51(57)58-4)61-31-39-19-11-6-12-20-39/h5-28,43-50,52-53H,29-34H2,1-4H3,(H,54,55)/t43-,44-,45-,46-,47+,48+,49+,50-,52-,53-/m1/s1. The third kappa shape index (κ3) is 14.1. The van der Waals surface area contributed by atoms with Crippen LogP contribution in [0.25, 0.3) is 0 Å². The molecule has 0 bridgehead atoms. The maximum Gasteiger partial charge on any atom is 0.337 e. The van der Waals surface area contributed by atoms with E-state index >= 15 is 0 Å². The molecule has 14 nitrogen and oxygen atoms in total. The Hall–Kier alpha value is -5.81. The Bertz CT molecular complexity index is 2270. The summed E-state index contributed by atoms with van der Waals surface area (Å²) in [6, 6.07) is 44.8. The average Bonchev–Trinajstić information content (AvgIpc) is 3.34. The van der Waals surface area contributed by atoms with Gasteiger partial charge in [0.25, 0.3) is 0 Å². The van der Waals surface area contributed by atoms with Gasteiger partial charge in [0.1, 0.15) is 36.6 Å². The third-order valence-corrected chi connectivity index (χ3v) is 11.3. The average molecular weight is 918 g/mol. The van der Waals surface area contributed by atoms with E-state index in [-0.39, 0.29) is 39.6 Å². The fraction of sp³-hybridized carbons (Fsp3) is 0.377. The minimum absolute atomic E-state index is 0.00702. The van der Waals surface area contributed by atoms with Crippen LogP contribution in [0.2, 0.25) is 0 Å². The van der Waals surface area contributed by atoms with Crippen molar-refractivity contribution in [3.8, 4) is 0 Å². The quantitative estimate of drug-likeness (QED) is 0.0758. The Labute approximate surface area is 391 Å². The first kappa shape index (κ1) is 49.1. The largest absolute Gasteiger partial charge is 0.467 e. The molecule has 0 spiro atoms. The van der Waals surface area contributed by atoms with Gasteiger partial charge in [-0.15, -0.1) is 0 Å². The number of ether oxygens (including phenoxy) is 10. The summed E-state index contributed by atoms with van der Waals surface area (Å²) in [5.74, 6) is -1.88. The van der Waals surface area contributed by atoms with Gasteiger partial charge in [-0.25, -0.2) is 4.79 Å². The zero-order chi connectivity index (χ0) is 47.0. The second-order valence-corrected chi connectivity index (χ2v) is 16.5. The molecule has 2 fully saturated rings. The fourth-order valence-corrected chi connectivity index (χ4v) is 8.03. The summed E-state index contributed by atoms with van der Waals surface area (Å²) in [5.41, 5.74) is 5.38. The number of esters is 2. The number of hydrogen-bond acceptors (Lipinski definition) is 13. The van der Waals surface area contributed by atoms with Crippen molar-refractivity contribution in [2.45, 2.75) is 115 Å². The first-order valence-electron chi connectivity index (χ1n) is 22.4. The van der Waals surface area contributed by atoms with E-state index in [1.807, 2.05) is 153 Å². The molecular formula is C53H59NO13. The topological polar surface area (TPSA) is 156 Å². The molecule has 0 aliphatic carbocycles. The Morgan fingerprint density at radius 3 is 1.49 bits per heavy atom. The fourth-order valence-electron chi connectivity index (χ4n) is 8.03. The number of aryl methyl sites for hydroxylation is 1. The Balaban J connectivity index is 1.29. The van der Waals surface area contributed by atoms with Gasteiger partial charge in [-0.1, -0.05) is 151 Å². The summed E-state index contributed by atoms with van der Waals surface area (Å²) in [4.78, 5) is 40.3. The van der Waals surface area contributed by atoms with Crippen LogP contribution in [0.15, 0.2) is 146 Å². The monoisotopic (exact) mass is 917 g/mol. The second kappa shape index (κ2) is 24.8. The summed E-state index contributed by atoms with van der Waals surface area (Å²) in [5, 5.41) is 3.00. The number of amides is 1. The number of benzene rings is 5. The number of nitrogens with one attached hydrogen (secondary N) is 1. The van der Waals surface area contributed by atoms with E-state index in [9.17, 15) is 14.4 Å². The summed E-state index contributed by atoms with van der Waals surface area (Å²) in [6.07, 6.45) is -10.9. The number of rotatable bonds is 21. The van der Waals surface area contributed by atoms with Crippen LogP contribution in [0.4, 0.5) is 0 Å². The molecule has 0 aromatic heterocycles. The highest BCUT2D eigenvalue weighted by Gasteiger charge is 2.57. The van der Waals surface area contributed by atoms with Gasteiger partial charge in [0.15, 0.2) is 24.8 Å². The van der Waals surface area contributed by atoms with Crippen LogP contribution in [0.3, 0.4) is 0 Å². The zero-order valence-corrected chi connectivity index (χ0v) is 38.2. The van der Waals surface area contributed by atoms with Gasteiger partial charge in [0, 0.05) is 13.8 Å². The second-order valence-electron chi connectivity index (χ2n) is 16.5. The lowest BCUT2D eigenvalue weighted by Gasteiger charge is -2.49. The van der Waals surface area contributed by atoms with Crippen molar-refractivity contribution in [1.29, 1.82) is 0 Å². The van der Waals surface area contributed by atoms with Gasteiger partial charge >= 0.3 is 11.9 Å². The Morgan fingerprint density at radius 1 is 0.522 bits per heavy atom. The molecule has 0 unspecified atom stereocenters. The smallest absolute Gasteiger partial charge is 0.337 e. The van der Waals surface area contributed by atoms with E-state index in [0.717, 1.165) is 33.4 Å². The number of carbonyl (C=O) groups is 3. The van der Waals surface area contributed by atoms with Crippen LogP contribution in [0.1, 0.15) is 47.2 Å². The van der Waals surface area contributed by atoms with Gasteiger partial charge in [-0.05, 0) is 34.7 Å². The van der Waals surface area contributed by atoms with Crippen molar-refractivity contribution in [3.63, 3.8) is 0 Å². The number of carbonyl (C=O) groups excluding carboxylic acids is 3. The van der Waals surface area contributed by atoms with Crippen molar-refractivity contribution >= 4 is 17.8 Å². The third-order valence-electron chi connectivity index (χ3n) is 11.3. The first-order chi connectivity index (χ1) is 32.6. The highest BCUT2D eigenvalue weighted by molar-refractivity contribution is 5.76. The molecule has 0 saturated carbocycles. The van der Waals surface area contributed by atoms with Crippen LogP contribution in [0.5, 0.6) is 0 Å². The lowest BCUT2D eigenvalue weighted by molar-refractivity contribution is -0.353. The molecule has 7 rings (SSSR count). The molecule has 2 saturated heterocycles. The predicted octanol–water partition coefficient (Wildman–Crippen LogP) is 6.93. The van der Waals surface area contributed by atoms with E-state index in [0.29, 0.717) is 0 Å². The first-order valence-corrected chi connectivity index (χ1v) is 22.4. The van der Waals surface area contributed by atoms with Gasteiger partial charge in [-0.2, -0.15) is 0 Å². The minimum Gasteiger partial charge on any atom is -0.467 e.